The lowest BCUT2D eigenvalue weighted by Gasteiger charge is -2.18. The normalized spacial score (nSPS) is 12.7. The van der Waals surface area contributed by atoms with Crippen LogP contribution in [0.4, 0.5) is 0 Å². The van der Waals surface area contributed by atoms with Gasteiger partial charge in [0.2, 0.25) is 0 Å². The van der Waals surface area contributed by atoms with E-state index in [2.05, 4.69) is 42.9 Å². The van der Waals surface area contributed by atoms with Gasteiger partial charge in [-0.05, 0) is 36.6 Å². The Balaban J connectivity index is 2.61. The molecule has 0 aliphatic carbocycles. The highest BCUT2D eigenvalue weighted by atomic mass is 14.9. The summed E-state index contributed by atoms with van der Waals surface area (Å²) in [6.07, 6.45) is 6.58. The Morgan fingerprint density at radius 2 is 2.07 bits per heavy atom. The van der Waals surface area contributed by atoms with Crippen molar-refractivity contribution in [3.05, 3.63) is 42.7 Å². The Bertz CT molecular complexity index is 280. The molecule has 0 bridgehead atoms. The molecule has 0 amide bonds. The first-order valence-corrected chi connectivity index (χ1v) is 5.48. The molecule has 0 saturated carbocycles. The van der Waals surface area contributed by atoms with Gasteiger partial charge in [0.05, 0.1) is 0 Å². The lowest BCUT2D eigenvalue weighted by molar-refractivity contribution is 0.476. The smallest absolute Gasteiger partial charge is 0.0356 e. The average Bonchev–Trinajstić information content (AvgIpc) is 2.25. The summed E-state index contributed by atoms with van der Waals surface area (Å²) in [5.74, 6) is 0.666. The fourth-order valence-corrected chi connectivity index (χ4v) is 1.48. The molecule has 0 aliphatic rings. The van der Waals surface area contributed by atoms with Gasteiger partial charge < -0.3 is 5.32 Å². The van der Waals surface area contributed by atoms with E-state index in [9.17, 15) is 0 Å². The molecule has 0 saturated heterocycles. The summed E-state index contributed by atoms with van der Waals surface area (Å²) >= 11 is 0. The van der Waals surface area contributed by atoms with Crippen molar-refractivity contribution in [2.75, 3.05) is 6.54 Å². The van der Waals surface area contributed by atoms with Crippen LogP contribution in [0.15, 0.2) is 37.2 Å². The number of hydrogen-bond donors (Lipinski definition) is 1. The van der Waals surface area contributed by atoms with Gasteiger partial charge in [-0.2, -0.15) is 0 Å². The molecular weight excluding hydrogens is 184 g/mol. The molecule has 1 aromatic rings. The minimum Gasteiger partial charge on any atom is -0.309 e. The molecule has 1 heterocycles. The minimum absolute atomic E-state index is 0.368. The van der Waals surface area contributed by atoms with E-state index in [1.807, 2.05) is 18.5 Å². The van der Waals surface area contributed by atoms with Gasteiger partial charge in [0, 0.05) is 18.4 Å². The lowest BCUT2D eigenvalue weighted by Crippen LogP contribution is -2.25. The third kappa shape index (κ3) is 4.26. The molecule has 0 spiro atoms. The monoisotopic (exact) mass is 204 g/mol. The molecule has 0 aromatic carbocycles. The van der Waals surface area contributed by atoms with Crippen LogP contribution in [0.2, 0.25) is 0 Å². The maximum absolute atomic E-state index is 4.03. The lowest BCUT2D eigenvalue weighted by atomic mass is 10.0. The van der Waals surface area contributed by atoms with Crippen molar-refractivity contribution >= 4 is 0 Å². The Morgan fingerprint density at radius 3 is 2.60 bits per heavy atom. The molecule has 82 valence electrons. The third-order valence-corrected chi connectivity index (χ3v) is 2.28. The van der Waals surface area contributed by atoms with Crippen LogP contribution in [-0.2, 0) is 0 Å². The molecule has 1 rings (SSSR count). The van der Waals surface area contributed by atoms with E-state index < -0.39 is 0 Å². The molecule has 1 unspecified atom stereocenters. The summed E-state index contributed by atoms with van der Waals surface area (Å²) in [6, 6.07) is 4.48. The SMILES string of the molecule is C=CCC(NCC(C)C)c1ccncc1. The van der Waals surface area contributed by atoms with Gasteiger partial charge in [0.25, 0.3) is 0 Å². The summed E-state index contributed by atoms with van der Waals surface area (Å²) in [4.78, 5) is 4.03. The van der Waals surface area contributed by atoms with Crippen molar-refractivity contribution in [2.24, 2.45) is 5.92 Å². The third-order valence-electron chi connectivity index (χ3n) is 2.28. The fraction of sp³-hybridized carbons (Fsp3) is 0.462. The topological polar surface area (TPSA) is 24.9 Å². The molecule has 0 aliphatic heterocycles. The molecule has 2 nitrogen and oxygen atoms in total. The van der Waals surface area contributed by atoms with Crippen LogP contribution in [0.3, 0.4) is 0 Å². The zero-order valence-corrected chi connectivity index (χ0v) is 9.61. The van der Waals surface area contributed by atoms with Crippen molar-refractivity contribution in [3.63, 3.8) is 0 Å². The molecule has 2 heteroatoms. The van der Waals surface area contributed by atoms with Crippen LogP contribution in [-0.4, -0.2) is 11.5 Å². The van der Waals surface area contributed by atoms with Gasteiger partial charge in [0.15, 0.2) is 0 Å². The standard InChI is InChI=1S/C13H20N2/c1-4-5-13(15-10-11(2)3)12-6-8-14-9-7-12/h4,6-9,11,13,15H,1,5,10H2,2-3H3. The van der Waals surface area contributed by atoms with Crippen LogP contribution < -0.4 is 5.32 Å². The highest BCUT2D eigenvalue weighted by Crippen LogP contribution is 2.16. The van der Waals surface area contributed by atoms with E-state index in [0.29, 0.717) is 12.0 Å². The first-order valence-electron chi connectivity index (χ1n) is 5.48. The molecule has 0 fully saturated rings. The van der Waals surface area contributed by atoms with Gasteiger partial charge in [-0.3, -0.25) is 4.98 Å². The number of pyridine rings is 1. The fourth-order valence-electron chi connectivity index (χ4n) is 1.48. The summed E-state index contributed by atoms with van der Waals surface area (Å²) in [6.45, 7) is 9.25. The van der Waals surface area contributed by atoms with E-state index in [0.717, 1.165) is 13.0 Å². The van der Waals surface area contributed by atoms with E-state index in [-0.39, 0.29) is 0 Å². The van der Waals surface area contributed by atoms with Crippen molar-refractivity contribution in [3.8, 4) is 0 Å². The Hall–Kier alpha value is -1.15. The number of aromatic nitrogens is 1. The Kier molecular flexibility index (Phi) is 5.05. The number of rotatable bonds is 6. The largest absolute Gasteiger partial charge is 0.309 e. The zero-order valence-electron chi connectivity index (χ0n) is 9.61. The van der Waals surface area contributed by atoms with Crippen molar-refractivity contribution in [1.82, 2.24) is 10.3 Å². The molecule has 1 atom stereocenters. The zero-order chi connectivity index (χ0) is 11.1. The van der Waals surface area contributed by atoms with Gasteiger partial charge in [-0.1, -0.05) is 19.9 Å². The highest BCUT2D eigenvalue weighted by Gasteiger charge is 2.08. The first-order chi connectivity index (χ1) is 7.24. The van der Waals surface area contributed by atoms with E-state index in [4.69, 9.17) is 0 Å². The Morgan fingerprint density at radius 1 is 1.40 bits per heavy atom. The van der Waals surface area contributed by atoms with Crippen LogP contribution in [0, 0.1) is 5.92 Å². The van der Waals surface area contributed by atoms with E-state index in [1.54, 1.807) is 0 Å². The van der Waals surface area contributed by atoms with Gasteiger partial charge >= 0.3 is 0 Å². The number of nitrogens with zero attached hydrogens (tertiary/aromatic N) is 1. The summed E-state index contributed by atoms with van der Waals surface area (Å²) in [7, 11) is 0. The van der Waals surface area contributed by atoms with E-state index >= 15 is 0 Å². The first kappa shape index (κ1) is 11.9. The maximum atomic E-state index is 4.03. The second kappa shape index (κ2) is 6.36. The van der Waals surface area contributed by atoms with Crippen LogP contribution >= 0.6 is 0 Å². The van der Waals surface area contributed by atoms with Gasteiger partial charge in [-0.25, -0.2) is 0 Å². The minimum atomic E-state index is 0.368. The highest BCUT2D eigenvalue weighted by molar-refractivity contribution is 5.15. The van der Waals surface area contributed by atoms with Gasteiger partial charge in [0.1, 0.15) is 0 Å². The molecule has 1 aromatic heterocycles. The van der Waals surface area contributed by atoms with Gasteiger partial charge in [-0.15, -0.1) is 6.58 Å². The van der Waals surface area contributed by atoms with Crippen molar-refractivity contribution < 1.29 is 0 Å². The number of nitrogens with one attached hydrogen (secondary N) is 1. The van der Waals surface area contributed by atoms with Crippen LogP contribution in [0.25, 0.3) is 0 Å². The van der Waals surface area contributed by atoms with Crippen LogP contribution in [0.5, 0.6) is 0 Å². The molecular formula is C13H20N2. The second-order valence-electron chi connectivity index (χ2n) is 4.16. The van der Waals surface area contributed by atoms with Crippen molar-refractivity contribution in [1.29, 1.82) is 0 Å². The van der Waals surface area contributed by atoms with E-state index in [1.165, 1.54) is 5.56 Å². The summed E-state index contributed by atoms with van der Waals surface area (Å²) in [5.41, 5.74) is 1.28. The number of hydrogen-bond acceptors (Lipinski definition) is 2. The molecule has 0 radical (unpaired) electrons. The predicted molar refractivity (Wildman–Crippen MR) is 64.6 cm³/mol. The maximum Gasteiger partial charge on any atom is 0.0356 e. The quantitative estimate of drug-likeness (QED) is 0.721. The predicted octanol–water partition coefficient (Wildman–Crippen LogP) is 2.94. The molecule has 1 N–H and O–H groups in total. The average molecular weight is 204 g/mol. The van der Waals surface area contributed by atoms with Crippen molar-refractivity contribution in [2.45, 2.75) is 26.3 Å². The van der Waals surface area contributed by atoms with Crippen LogP contribution in [0.1, 0.15) is 31.9 Å². The molecule has 15 heavy (non-hydrogen) atoms. The Labute approximate surface area is 92.4 Å². The summed E-state index contributed by atoms with van der Waals surface area (Å²) < 4.78 is 0. The second-order valence-corrected chi connectivity index (χ2v) is 4.16. The summed E-state index contributed by atoms with van der Waals surface area (Å²) in [5, 5.41) is 3.54.